The van der Waals surface area contributed by atoms with Crippen molar-refractivity contribution < 1.29 is 19.5 Å². The summed E-state index contributed by atoms with van der Waals surface area (Å²) >= 11 is 0. The Labute approximate surface area is 141 Å². The lowest BCUT2D eigenvalue weighted by Crippen LogP contribution is -2.37. The Morgan fingerprint density at radius 2 is 1.79 bits per heavy atom. The van der Waals surface area contributed by atoms with Crippen molar-refractivity contribution in [3.63, 3.8) is 0 Å². The standard InChI is InChI=1S/C18H24N2O4/c1-2-19-16(22)13-8-4-5-9-14(13)20-15(21)12-18(17(23)24)10-6-3-7-11-18/h4-5,8-9H,2-3,6-7,10-12H2,1H3,(H,19,22)(H,20,21)(H,23,24). The molecule has 1 aliphatic rings. The minimum Gasteiger partial charge on any atom is -0.481 e. The number of anilines is 1. The Morgan fingerprint density at radius 1 is 1.12 bits per heavy atom. The maximum atomic E-state index is 12.4. The number of carboxylic acids is 1. The molecule has 1 saturated carbocycles. The van der Waals surface area contributed by atoms with Gasteiger partial charge in [0.25, 0.3) is 5.91 Å². The van der Waals surface area contributed by atoms with Gasteiger partial charge >= 0.3 is 5.97 Å². The second-order valence-electron chi connectivity index (χ2n) is 6.28. The molecule has 0 spiro atoms. The van der Waals surface area contributed by atoms with Crippen LogP contribution in [0, 0.1) is 5.41 Å². The first-order chi connectivity index (χ1) is 11.5. The maximum absolute atomic E-state index is 12.4. The predicted octanol–water partition coefficient (Wildman–Crippen LogP) is 2.80. The SMILES string of the molecule is CCNC(=O)c1ccccc1NC(=O)CC1(C(=O)O)CCCCC1. The van der Waals surface area contributed by atoms with E-state index in [1.54, 1.807) is 24.3 Å². The third-order valence-electron chi connectivity index (χ3n) is 4.55. The van der Waals surface area contributed by atoms with Gasteiger partial charge in [-0.15, -0.1) is 0 Å². The number of benzene rings is 1. The second kappa shape index (κ2) is 7.95. The number of hydrogen-bond acceptors (Lipinski definition) is 3. The molecule has 1 fully saturated rings. The Hall–Kier alpha value is -2.37. The molecule has 24 heavy (non-hydrogen) atoms. The molecule has 6 nitrogen and oxygen atoms in total. The van der Waals surface area contributed by atoms with Crippen molar-refractivity contribution in [3.8, 4) is 0 Å². The van der Waals surface area contributed by atoms with E-state index in [0.717, 1.165) is 19.3 Å². The first-order valence-corrected chi connectivity index (χ1v) is 8.39. The lowest BCUT2D eigenvalue weighted by molar-refractivity contribution is -0.153. The van der Waals surface area contributed by atoms with Crippen molar-refractivity contribution in [2.75, 3.05) is 11.9 Å². The smallest absolute Gasteiger partial charge is 0.310 e. The highest BCUT2D eigenvalue weighted by atomic mass is 16.4. The van der Waals surface area contributed by atoms with Crippen molar-refractivity contribution in [2.45, 2.75) is 45.4 Å². The fraction of sp³-hybridized carbons (Fsp3) is 0.500. The van der Waals surface area contributed by atoms with E-state index in [9.17, 15) is 19.5 Å². The van der Waals surface area contributed by atoms with Gasteiger partial charge in [0.2, 0.25) is 5.91 Å². The van der Waals surface area contributed by atoms with Gasteiger partial charge in [-0.1, -0.05) is 31.4 Å². The minimum atomic E-state index is -0.983. The zero-order valence-electron chi connectivity index (χ0n) is 13.9. The van der Waals surface area contributed by atoms with Crippen molar-refractivity contribution in [1.29, 1.82) is 0 Å². The van der Waals surface area contributed by atoms with Crippen LogP contribution in [0.25, 0.3) is 0 Å². The van der Waals surface area contributed by atoms with E-state index in [2.05, 4.69) is 10.6 Å². The van der Waals surface area contributed by atoms with E-state index in [4.69, 9.17) is 0 Å². The Morgan fingerprint density at radius 3 is 2.42 bits per heavy atom. The van der Waals surface area contributed by atoms with Gasteiger partial charge in [0.1, 0.15) is 0 Å². The summed E-state index contributed by atoms with van der Waals surface area (Å²) in [6.45, 7) is 2.31. The molecule has 0 unspecified atom stereocenters. The number of aliphatic carboxylic acids is 1. The van der Waals surface area contributed by atoms with Crippen LogP contribution in [0.2, 0.25) is 0 Å². The van der Waals surface area contributed by atoms with Crippen LogP contribution in [0.15, 0.2) is 24.3 Å². The monoisotopic (exact) mass is 332 g/mol. The summed E-state index contributed by atoms with van der Waals surface area (Å²) in [5.74, 6) is -1.54. The third kappa shape index (κ3) is 4.13. The summed E-state index contributed by atoms with van der Waals surface area (Å²) in [5, 5.41) is 15.0. The van der Waals surface area contributed by atoms with Crippen molar-refractivity contribution >= 4 is 23.5 Å². The van der Waals surface area contributed by atoms with E-state index >= 15 is 0 Å². The number of para-hydroxylation sites is 1. The molecular weight excluding hydrogens is 308 g/mol. The normalized spacial score (nSPS) is 16.2. The summed E-state index contributed by atoms with van der Waals surface area (Å²) in [6, 6.07) is 6.73. The molecule has 2 rings (SSSR count). The van der Waals surface area contributed by atoms with Crippen LogP contribution in [-0.4, -0.2) is 29.4 Å². The van der Waals surface area contributed by atoms with Gasteiger partial charge < -0.3 is 15.7 Å². The first-order valence-electron chi connectivity index (χ1n) is 8.39. The zero-order chi connectivity index (χ0) is 17.6. The Kier molecular flexibility index (Phi) is 5.95. The van der Waals surface area contributed by atoms with Gasteiger partial charge in [0.05, 0.1) is 16.7 Å². The van der Waals surface area contributed by atoms with Gasteiger partial charge in [-0.2, -0.15) is 0 Å². The number of amides is 2. The van der Waals surface area contributed by atoms with E-state index in [-0.39, 0.29) is 18.2 Å². The van der Waals surface area contributed by atoms with Crippen LogP contribution in [0.3, 0.4) is 0 Å². The third-order valence-corrected chi connectivity index (χ3v) is 4.55. The van der Waals surface area contributed by atoms with Gasteiger partial charge in [-0.25, -0.2) is 0 Å². The molecule has 0 radical (unpaired) electrons. The molecule has 1 aromatic carbocycles. The Bertz CT molecular complexity index is 621. The number of hydrogen-bond donors (Lipinski definition) is 3. The lowest BCUT2D eigenvalue weighted by Gasteiger charge is -2.32. The van der Waals surface area contributed by atoms with Crippen LogP contribution < -0.4 is 10.6 Å². The lowest BCUT2D eigenvalue weighted by atomic mass is 9.71. The molecule has 0 aliphatic heterocycles. The largest absolute Gasteiger partial charge is 0.481 e. The van der Waals surface area contributed by atoms with E-state index in [1.807, 2.05) is 6.92 Å². The van der Waals surface area contributed by atoms with Crippen LogP contribution in [-0.2, 0) is 9.59 Å². The minimum absolute atomic E-state index is 0.0634. The number of nitrogens with one attached hydrogen (secondary N) is 2. The molecule has 0 heterocycles. The van der Waals surface area contributed by atoms with Gasteiger partial charge in [0.15, 0.2) is 0 Å². The van der Waals surface area contributed by atoms with Crippen LogP contribution in [0.5, 0.6) is 0 Å². The molecule has 0 aromatic heterocycles. The van der Waals surface area contributed by atoms with E-state index in [0.29, 0.717) is 30.6 Å². The molecule has 1 aromatic rings. The van der Waals surface area contributed by atoms with Crippen LogP contribution in [0.4, 0.5) is 5.69 Å². The number of carbonyl (C=O) groups excluding carboxylic acids is 2. The molecule has 3 N–H and O–H groups in total. The number of carboxylic acid groups (broad SMARTS) is 1. The van der Waals surface area contributed by atoms with Gasteiger partial charge in [-0.3, -0.25) is 14.4 Å². The molecule has 1 aliphatic carbocycles. The fourth-order valence-corrected chi connectivity index (χ4v) is 3.24. The molecule has 0 bridgehead atoms. The zero-order valence-corrected chi connectivity index (χ0v) is 13.9. The quantitative estimate of drug-likeness (QED) is 0.746. The first kappa shape index (κ1) is 18.0. The van der Waals surface area contributed by atoms with Gasteiger partial charge in [-0.05, 0) is 31.9 Å². The molecule has 130 valence electrons. The average Bonchev–Trinajstić information content (AvgIpc) is 2.56. The molecule has 0 saturated heterocycles. The highest BCUT2D eigenvalue weighted by Gasteiger charge is 2.41. The van der Waals surface area contributed by atoms with Crippen molar-refractivity contribution in [1.82, 2.24) is 5.32 Å². The van der Waals surface area contributed by atoms with Crippen LogP contribution in [0.1, 0.15) is 55.8 Å². The summed E-state index contributed by atoms with van der Waals surface area (Å²) in [5.41, 5.74) is -0.200. The van der Waals surface area contributed by atoms with E-state index in [1.165, 1.54) is 0 Å². The second-order valence-corrected chi connectivity index (χ2v) is 6.28. The summed E-state index contributed by atoms with van der Waals surface area (Å²) in [4.78, 5) is 36.1. The predicted molar refractivity (Wildman–Crippen MR) is 90.8 cm³/mol. The number of carbonyl (C=O) groups is 3. The van der Waals surface area contributed by atoms with Crippen molar-refractivity contribution in [3.05, 3.63) is 29.8 Å². The molecular formula is C18H24N2O4. The highest BCUT2D eigenvalue weighted by Crippen LogP contribution is 2.39. The highest BCUT2D eigenvalue weighted by molar-refractivity contribution is 6.04. The average molecular weight is 332 g/mol. The topological polar surface area (TPSA) is 95.5 Å². The summed E-state index contributed by atoms with van der Waals surface area (Å²) in [6.07, 6.45) is 3.65. The molecule has 6 heteroatoms. The number of rotatable bonds is 6. The van der Waals surface area contributed by atoms with E-state index < -0.39 is 11.4 Å². The molecule has 2 amide bonds. The van der Waals surface area contributed by atoms with Crippen LogP contribution >= 0.6 is 0 Å². The summed E-state index contributed by atoms with van der Waals surface area (Å²) in [7, 11) is 0. The fourth-order valence-electron chi connectivity index (χ4n) is 3.24. The van der Waals surface area contributed by atoms with Crippen molar-refractivity contribution in [2.24, 2.45) is 5.41 Å². The maximum Gasteiger partial charge on any atom is 0.310 e. The molecule has 0 atom stereocenters. The summed E-state index contributed by atoms with van der Waals surface area (Å²) < 4.78 is 0. The van der Waals surface area contributed by atoms with Gasteiger partial charge in [0, 0.05) is 13.0 Å². The Balaban J connectivity index is 2.12.